The van der Waals surface area contributed by atoms with Gasteiger partial charge in [-0.25, -0.2) is 0 Å². The van der Waals surface area contributed by atoms with Crippen molar-refractivity contribution in [2.75, 3.05) is 19.4 Å². The zero-order valence-electron chi connectivity index (χ0n) is 6.89. The Morgan fingerprint density at radius 3 is 2.91 bits per heavy atom. The van der Waals surface area contributed by atoms with Gasteiger partial charge in [0.05, 0.1) is 0 Å². The minimum atomic E-state index is 0.851. The Bertz CT molecular complexity index is 222. The van der Waals surface area contributed by atoms with Crippen molar-refractivity contribution < 1.29 is 0 Å². The van der Waals surface area contributed by atoms with E-state index < -0.39 is 0 Å². The summed E-state index contributed by atoms with van der Waals surface area (Å²) >= 11 is 0. The van der Waals surface area contributed by atoms with Crippen molar-refractivity contribution in [1.29, 1.82) is 0 Å². The predicted octanol–water partition coefficient (Wildman–Crippen LogP) is 0.843. The van der Waals surface area contributed by atoms with Gasteiger partial charge in [-0.2, -0.15) is 0 Å². The molecule has 0 saturated heterocycles. The maximum Gasteiger partial charge on any atom is 0.0414 e. The maximum atomic E-state index is 4.03. The molecule has 0 aromatic carbocycles. The van der Waals surface area contributed by atoms with Crippen LogP contribution in [0.2, 0.25) is 0 Å². The highest BCUT2D eigenvalue weighted by Crippen LogP contribution is 2.11. The van der Waals surface area contributed by atoms with E-state index >= 15 is 0 Å². The molecule has 0 aliphatic carbocycles. The van der Waals surface area contributed by atoms with Gasteiger partial charge in [0.1, 0.15) is 0 Å². The molecule has 1 aromatic heterocycles. The summed E-state index contributed by atoms with van der Waals surface area (Å²) in [4.78, 5) is 4.03. The van der Waals surface area contributed by atoms with Crippen LogP contribution in [0.15, 0.2) is 18.5 Å². The summed E-state index contributed by atoms with van der Waals surface area (Å²) in [6.45, 7) is 0.851. The van der Waals surface area contributed by atoms with Crippen LogP contribution in [-0.4, -0.2) is 19.1 Å². The largest absolute Gasteiger partial charge is 0.388 e. The minimum Gasteiger partial charge on any atom is -0.388 e. The molecule has 1 heterocycles. The lowest BCUT2D eigenvalue weighted by Crippen LogP contribution is -2.07. The zero-order chi connectivity index (χ0) is 8.10. The van der Waals surface area contributed by atoms with E-state index in [1.54, 1.807) is 6.20 Å². The summed E-state index contributed by atoms with van der Waals surface area (Å²) in [7, 11) is 3.83. The van der Waals surface area contributed by atoms with Crippen LogP contribution in [0.25, 0.3) is 0 Å². The summed E-state index contributed by atoms with van der Waals surface area (Å²) in [5, 5.41) is 6.18. The molecular formula is C8H13N3. The Balaban J connectivity index is 2.83. The van der Waals surface area contributed by atoms with Gasteiger partial charge in [-0.15, -0.1) is 0 Å². The van der Waals surface area contributed by atoms with Crippen LogP contribution in [0.3, 0.4) is 0 Å². The van der Waals surface area contributed by atoms with Crippen molar-refractivity contribution in [1.82, 2.24) is 10.3 Å². The number of hydrogen-bond donors (Lipinski definition) is 2. The van der Waals surface area contributed by atoms with Crippen LogP contribution < -0.4 is 10.6 Å². The summed E-state index contributed by atoms with van der Waals surface area (Å²) < 4.78 is 0. The first kappa shape index (κ1) is 8.01. The molecule has 60 valence electrons. The van der Waals surface area contributed by atoms with E-state index in [0.29, 0.717) is 0 Å². The molecule has 0 spiro atoms. The smallest absolute Gasteiger partial charge is 0.0414 e. The van der Waals surface area contributed by atoms with Gasteiger partial charge in [0.25, 0.3) is 0 Å². The van der Waals surface area contributed by atoms with E-state index in [9.17, 15) is 0 Å². The predicted molar refractivity (Wildman–Crippen MR) is 46.5 cm³/mol. The summed E-state index contributed by atoms with van der Waals surface area (Å²) in [5.41, 5.74) is 2.33. The van der Waals surface area contributed by atoms with Crippen LogP contribution in [-0.2, 0) is 6.54 Å². The highest BCUT2D eigenvalue weighted by atomic mass is 14.9. The summed E-state index contributed by atoms with van der Waals surface area (Å²) in [6, 6.07) is 1.96. The van der Waals surface area contributed by atoms with Gasteiger partial charge in [0.2, 0.25) is 0 Å². The quantitative estimate of drug-likeness (QED) is 0.672. The summed E-state index contributed by atoms with van der Waals surface area (Å²) in [5.74, 6) is 0. The standard InChI is InChI=1S/C8H13N3/c1-9-5-7-6-11-4-3-8(7)10-2/h3-4,6,9H,5H2,1-2H3,(H,10,11). The molecule has 0 bridgehead atoms. The van der Waals surface area contributed by atoms with Crippen molar-refractivity contribution in [2.45, 2.75) is 6.54 Å². The number of hydrogen-bond acceptors (Lipinski definition) is 3. The van der Waals surface area contributed by atoms with Crippen LogP contribution in [0.5, 0.6) is 0 Å². The van der Waals surface area contributed by atoms with E-state index in [1.807, 2.05) is 26.4 Å². The highest BCUT2D eigenvalue weighted by Gasteiger charge is 1.96. The van der Waals surface area contributed by atoms with Gasteiger partial charge in [-0.1, -0.05) is 0 Å². The second kappa shape index (κ2) is 3.93. The topological polar surface area (TPSA) is 37.0 Å². The van der Waals surface area contributed by atoms with E-state index in [0.717, 1.165) is 12.2 Å². The first-order chi connectivity index (χ1) is 5.38. The molecule has 0 fully saturated rings. The molecule has 2 N–H and O–H groups in total. The summed E-state index contributed by atoms with van der Waals surface area (Å²) in [6.07, 6.45) is 3.65. The number of nitrogens with zero attached hydrogens (tertiary/aromatic N) is 1. The maximum absolute atomic E-state index is 4.03. The number of rotatable bonds is 3. The van der Waals surface area contributed by atoms with Crippen molar-refractivity contribution in [3.63, 3.8) is 0 Å². The van der Waals surface area contributed by atoms with E-state index in [-0.39, 0.29) is 0 Å². The molecule has 1 rings (SSSR count). The fourth-order valence-corrected chi connectivity index (χ4v) is 1.00. The SMILES string of the molecule is CNCc1cnccc1NC. The highest BCUT2D eigenvalue weighted by molar-refractivity contribution is 5.48. The number of nitrogens with one attached hydrogen (secondary N) is 2. The van der Waals surface area contributed by atoms with Crippen molar-refractivity contribution in [2.24, 2.45) is 0 Å². The number of pyridine rings is 1. The van der Waals surface area contributed by atoms with Crippen molar-refractivity contribution in [3.05, 3.63) is 24.0 Å². The lowest BCUT2D eigenvalue weighted by Gasteiger charge is -2.06. The molecule has 11 heavy (non-hydrogen) atoms. The molecule has 0 aliphatic rings. The normalized spacial score (nSPS) is 9.64. The molecule has 3 heteroatoms. The molecule has 0 atom stereocenters. The van der Waals surface area contributed by atoms with E-state index in [2.05, 4.69) is 15.6 Å². The van der Waals surface area contributed by atoms with Gasteiger partial charge < -0.3 is 10.6 Å². The molecule has 0 radical (unpaired) electrons. The Morgan fingerprint density at radius 1 is 1.45 bits per heavy atom. The fourth-order valence-electron chi connectivity index (χ4n) is 1.00. The first-order valence-electron chi connectivity index (χ1n) is 3.63. The van der Waals surface area contributed by atoms with Crippen molar-refractivity contribution >= 4 is 5.69 Å². The lowest BCUT2D eigenvalue weighted by atomic mass is 10.2. The average Bonchev–Trinajstić information content (AvgIpc) is 2.06. The zero-order valence-corrected chi connectivity index (χ0v) is 6.89. The molecule has 3 nitrogen and oxygen atoms in total. The van der Waals surface area contributed by atoms with E-state index in [4.69, 9.17) is 0 Å². The monoisotopic (exact) mass is 151 g/mol. The van der Waals surface area contributed by atoms with Crippen LogP contribution in [0, 0.1) is 0 Å². The van der Waals surface area contributed by atoms with Crippen molar-refractivity contribution in [3.8, 4) is 0 Å². The third kappa shape index (κ3) is 1.91. The minimum absolute atomic E-state index is 0.851. The second-order valence-corrected chi connectivity index (χ2v) is 2.31. The first-order valence-corrected chi connectivity index (χ1v) is 3.63. The Hall–Kier alpha value is -1.09. The van der Waals surface area contributed by atoms with E-state index in [1.165, 1.54) is 5.56 Å². The van der Waals surface area contributed by atoms with Gasteiger partial charge in [-0.05, 0) is 13.1 Å². The van der Waals surface area contributed by atoms with Crippen LogP contribution in [0.4, 0.5) is 5.69 Å². The lowest BCUT2D eigenvalue weighted by molar-refractivity contribution is 0.814. The average molecular weight is 151 g/mol. The fraction of sp³-hybridized carbons (Fsp3) is 0.375. The molecule has 0 amide bonds. The third-order valence-electron chi connectivity index (χ3n) is 1.54. The third-order valence-corrected chi connectivity index (χ3v) is 1.54. The van der Waals surface area contributed by atoms with Crippen LogP contribution in [0.1, 0.15) is 5.56 Å². The van der Waals surface area contributed by atoms with Crippen LogP contribution >= 0.6 is 0 Å². The Kier molecular flexibility index (Phi) is 2.86. The molecule has 0 aliphatic heterocycles. The second-order valence-electron chi connectivity index (χ2n) is 2.31. The van der Waals surface area contributed by atoms with Gasteiger partial charge >= 0.3 is 0 Å². The molecular weight excluding hydrogens is 138 g/mol. The number of aromatic nitrogens is 1. The van der Waals surface area contributed by atoms with Gasteiger partial charge in [-0.3, -0.25) is 4.98 Å². The van der Waals surface area contributed by atoms with Gasteiger partial charge in [0.15, 0.2) is 0 Å². The number of anilines is 1. The Labute approximate surface area is 66.8 Å². The molecule has 0 unspecified atom stereocenters. The Morgan fingerprint density at radius 2 is 2.27 bits per heavy atom. The van der Waals surface area contributed by atoms with Gasteiger partial charge in [0, 0.05) is 37.2 Å². The molecule has 1 aromatic rings. The molecule has 0 saturated carbocycles.